The third-order valence-corrected chi connectivity index (χ3v) is 3.58. The van der Waals surface area contributed by atoms with E-state index in [0.717, 1.165) is 0 Å². The van der Waals surface area contributed by atoms with Crippen LogP contribution in [-0.2, 0) is 9.59 Å². The fourth-order valence-electron chi connectivity index (χ4n) is 2.70. The van der Waals surface area contributed by atoms with Crippen molar-refractivity contribution in [1.29, 1.82) is 0 Å². The van der Waals surface area contributed by atoms with Crippen LogP contribution in [0.25, 0.3) is 0 Å². The molecule has 2 amide bonds. The normalized spacial score (nSPS) is 30.7. The van der Waals surface area contributed by atoms with Crippen LogP contribution in [0.15, 0.2) is 42.5 Å². The molecule has 4 nitrogen and oxygen atoms in total. The minimum absolute atomic E-state index is 0.209. The predicted octanol–water partition coefficient (Wildman–Crippen LogP) is 1.11. The van der Waals surface area contributed by atoms with Crippen molar-refractivity contribution in [3.05, 3.63) is 42.5 Å². The Morgan fingerprint density at radius 1 is 1.11 bits per heavy atom. The maximum atomic E-state index is 12.3. The molecule has 1 aromatic rings. The summed E-state index contributed by atoms with van der Waals surface area (Å²) in [5.74, 6) is -1.55. The van der Waals surface area contributed by atoms with E-state index in [9.17, 15) is 14.7 Å². The smallest absolute Gasteiger partial charge is 0.240 e. The van der Waals surface area contributed by atoms with Crippen molar-refractivity contribution in [2.45, 2.75) is 12.5 Å². The number of aliphatic hydroxyl groups excluding tert-OH is 1. The second kappa shape index (κ2) is 4.07. The fourth-order valence-corrected chi connectivity index (χ4v) is 2.70. The fraction of sp³-hybridized carbons (Fsp3) is 0.286. The Morgan fingerprint density at radius 2 is 1.83 bits per heavy atom. The minimum atomic E-state index is -0.853. The van der Waals surface area contributed by atoms with Gasteiger partial charge < -0.3 is 5.11 Å². The summed E-state index contributed by atoms with van der Waals surface area (Å²) in [6, 6.07) is 8.86. The van der Waals surface area contributed by atoms with E-state index in [1.54, 1.807) is 36.4 Å². The molecule has 1 aliphatic heterocycles. The molecule has 1 aromatic carbocycles. The molecule has 0 saturated carbocycles. The number of imide groups is 1. The van der Waals surface area contributed by atoms with Gasteiger partial charge in [-0.2, -0.15) is 0 Å². The van der Waals surface area contributed by atoms with E-state index in [4.69, 9.17) is 0 Å². The van der Waals surface area contributed by atoms with E-state index >= 15 is 0 Å². The second-order valence-electron chi connectivity index (χ2n) is 4.63. The highest BCUT2D eigenvalue weighted by atomic mass is 16.3. The standard InChI is InChI=1S/C14H13NO3/c16-11-8-4-7-10-12(11)14(18)15(13(10)17)9-5-2-1-3-6-9/h1-6,8,10-12,16H,7H2/t10-,11+,12-/m1/s1. The lowest BCUT2D eigenvalue weighted by Crippen LogP contribution is -2.33. The van der Waals surface area contributed by atoms with E-state index in [-0.39, 0.29) is 11.8 Å². The number of para-hydroxylation sites is 1. The molecular weight excluding hydrogens is 230 g/mol. The van der Waals surface area contributed by atoms with Gasteiger partial charge in [0.15, 0.2) is 0 Å². The molecule has 2 aliphatic rings. The van der Waals surface area contributed by atoms with Gasteiger partial charge in [-0.05, 0) is 18.6 Å². The van der Waals surface area contributed by atoms with Crippen LogP contribution in [0.1, 0.15) is 6.42 Å². The molecule has 92 valence electrons. The summed E-state index contributed by atoms with van der Waals surface area (Å²) >= 11 is 0. The number of rotatable bonds is 1. The number of benzene rings is 1. The van der Waals surface area contributed by atoms with E-state index in [0.29, 0.717) is 12.1 Å². The van der Waals surface area contributed by atoms with Gasteiger partial charge >= 0.3 is 0 Å². The molecule has 18 heavy (non-hydrogen) atoms. The Balaban J connectivity index is 2.00. The number of amides is 2. The predicted molar refractivity (Wildman–Crippen MR) is 65.7 cm³/mol. The number of aliphatic hydroxyl groups is 1. The molecule has 1 fully saturated rings. The van der Waals surface area contributed by atoms with E-state index < -0.39 is 17.9 Å². The first-order valence-corrected chi connectivity index (χ1v) is 5.98. The van der Waals surface area contributed by atoms with Crippen LogP contribution in [0.2, 0.25) is 0 Å². The Labute approximate surface area is 105 Å². The number of anilines is 1. The third kappa shape index (κ3) is 1.49. The second-order valence-corrected chi connectivity index (χ2v) is 4.63. The molecule has 3 atom stereocenters. The molecule has 0 radical (unpaired) electrons. The van der Waals surface area contributed by atoms with Crippen molar-refractivity contribution in [3.63, 3.8) is 0 Å². The summed E-state index contributed by atoms with van der Waals surface area (Å²) in [4.78, 5) is 25.7. The van der Waals surface area contributed by atoms with Gasteiger partial charge in [-0.1, -0.05) is 30.4 Å². The molecule has 1 N–H and O–H groups in total. The zero-order valence-electron chi connectivity index (χ0n) is 9.69. The molecule has 0 bridgehead atoms. The SMILES string of the molecule is O=C1[C@H]2[C@@H](O)C=CC[C@H]2C(=O)N1c1ccccc1. The van der Waals surface area contributed by atoms with Crippen LogP contribution < -0.4 is 4.90 Å². The van der Waals surface area contributed by atoms with Gasteiger partial charge in [-0.3, -0.25) is 9.59 Å². The first-order chi connectivity index (χ1) is 8.70. The van der Waals surface area contributed by atoms with Gasteiger partial charge in [-0.25, -0.2) is 4.90 Å². The molecule has 0 spiro atoms. The molecular formula is C14H13NO3. The molecule has 4 heteroatoms. The minimum Gasteiger partial charge on any atom is -0.388 e. The van der Waals surface area contributed by atoms with Crippen LogP contribution in [0.5, 0.6) is 0 Å². The lowest BCUT2D eigenvalue weighted by atomic mass is 9.83. The highest BCUT2D eigenvalue weighted by molar-refractivity contribution is 6.22. The summed E-state index contributed by atoms with van der Waals surface area (Å²) in [7, 11) is 0. The summed E-state index contributed by atoms with van der Waals surface area (Å²) in [5, 5.41) is 9.85. The highest BCUT2D eigenvalue weighted by Gasteiger charge is 2.51. The molecule has 1 heterocycles. The van der Waals surface area contributed by atoms with Gasteiger partial charge in [0.05, 0.1) is 23.6 Å². The van der Waals surface area contributed by atoms with Crippen LogP contribution in [0.4, 0.5) is 5.69 Å². The van der Waals surface area contributed by atoms with Crippen LogP contribution in [0, 0.1) is 11.8 Å². The lowest BCUT2D eigenvalue weighted by Gasteiger charge is -2.21. The van der Waals surface area contributed by atoms with Crippen molar-refractivity contribution >= 4 is 17.5 Å². The molecule has 0 unspecified atom stereocenters. The lowest BCUT2D eigenvalue weighted by molar-refractivity contribution is -0.123. The van der Waals surface area contributed by atoms with Crippen LogP contribution >= 0.6 is 0 Å². The Morgan fingerprint density at radius 3 is 2.50 bits per heavy atom. The van der Waals surface area contributed by atoms with Crippen LogP contribution in [0.3, 0.4) is 0 Å². The summed E-state index contributed by atoms with van der Waals surface area (Å²) in [6.07, 6.45) is 3.04. The van der Waals surface area contributed by atoms with E-state index in [1.807, 2.05) is 6.07 Å². The first kappa shape index (κ1) is 11.2. The van der Waals surface area contributed by atoms with Crippen molar-refractivity contribution < 1.29 is 14.7 Å². The molecule has 0 aromatic heterocycles. The number of nitrogens with zero attached hydrogens (tertiary/aromatic N) is 1. The quantitative estimate of drug-likeness (QED) is 0.594. The van der Waals surface area contributed by atoms with Crippen molar-refractivity contribution in [2.24, 2.45) is 11.8 Å². The van der Waals surface area contributed by atoms with E-state index in [1.165, 1.54) is 4.90 Å². The number of hydrogen-bond donors (Lipinski definition) is 1. The van der Waals surface area contributed by atoms with Gasteiger partial charge in [0.25, 0.3) is 0 Å². The monoisotopic (exact) mass is 243 g/mol. The number of allylic oxidation sites excluding steroid dienone is 1. The zero-order chi connectivity index (χ0) is 12.7. The van der Waals surface area contributed by atoms with Crippen molar-refractivity contribution in [3.8, 4) is 0 Å². The number of hydrogen-bond acceptors (Lipinski definition) is 3. The third-order valence-electron chi connectivity index (χ3n) is 3.58. The largest absolute Gasteiger partial charge is 0.388 e. The first-order valence-electron chi connectivity index (χ1n) is 5.98. The van der Waals surface area contributed by atoms with E-state index in [2.05, 4.69) is 0 Å². The summed E-state index contributed by atoms with van der Waals surface area (Å²) in [5.41, 5.74) is 0.578. The Bertz CT molecular complexity index is 523. The van der Waals surface area contributed by atoms with Crippen molar-refractivity contribution in [1.82, 2.24) is 0 Å². The number of carbonyl (C=O) groups is 2. The maximum Gasteiger partial charge on any atom is 0.240 e. The number of fused-ring (bicyclic) bond motifs is 1. The van der Waals surface area contributed by atoms with Gasteiger partial charge in [0.2, 0.25) is 11.8 Å². The molecule has 1 aliphatic carbocycles. The topological polar surface area (TPSA) is 57.6 Å². The Kier molecular flexibility index (Phi) is 2.52. The molecule has 3 rings (SSSR count). The zero-order valence-corrected chi connectivity index (χ0v) is 9.69. The number of carbonyl (C=O) groups excluding carboxylic acids is 2. The van der Waals surface area contributed by atoms with Crippen LogP contribution in [-0.4, -0.2) is 23.0 Å². The molecule has 1 saturated heterocycles. The van der Waals surface area contributed by atoms with Crippen molar-refractivity contribution in [2.75, 3.05) is 4.90 Å². The Hall–Kier alpha value is -1.94. The average molecular weight is 243 g/mol. The maximum absolute atomic E-state index is 12.3. The van der Waals surface area contributed by atoms with Gasteiger partial charge in [-0.15, -0.1) is 0 Å². The van der Waals surface area contributed by atoms with Gasteiger partial charge in [0.1, 0.15) is 0 Å². The average Bonchev–Trinajstić information content (AvgIpc) is 2.64. The summed E-state index contributed by atoms with van der Waals surface area (Å²) < 4.78 is 0. The summed E-state index contributed by atoms with van der Waals surface area (Å²) in [6.45, 7) is 0. The highest BCUT2D eigenvalue weighted by Crippen LogP contribution is 2.37. The van der Waals surface area contributed by atoms with Gasteiger partial charge in [0, 0.05) is 0 Å².